The first-order valence-electron chi connectivity index (χ1n) is 3.04. The van der Waals surface area contributed by atoms with Gasteiger partial charge in [0.15, 0.2) is 0 Å². The molecule has 0 saturated carbocycles. The van der Waals surface area contributed by atoms with Gasteiger partial charge in [-0.2, -0.15) is 8.78 Å². The van der Waals surface area contributed by atoms with Gasteiger partial charge in [0.2, 0.25) is 6.10 Å². The summed E-state index contributed by atoms with van der Waals surface area (Å²) in [5.41, 5.74) is 0. The molecule has 1 unspecified atom stereocenters. The van der Waals surface area contributed by atoms with Crippen LogP contribution in [0.3, 0.4) is 0 Å². The molecule has 0 amide bonds. The summed E-state index contributed by atoms with van der Waals surface area (Å²) in [5.74, 6) is -4.89. The van der Waals surface area contributed by atoms with E-state index in [-0.39, 0.29) is 6.26 Å². The van der Waals surface area contributed by atoms with Crippen LogP contribution in [0.15, 0.2) is 12.8 Å². The maximum absolute atomic E-state index is 12.2. The van der Waals surface area contributed by atoms with Crippen LogP contribution in [0.25, 0.3) is 0 Å². The standard InChI is InChI=1S/C6H6F6O/c1-2-13-3(4(7)8)6(11,12)5(9)10/h2-5H,1H2. The Morgan fingerprint density at radius 3 is 1.85 bits per heavy atom. The Morgan fingerprint density at radius 2 is 1.62 bits per heavy atom. The van der Waals surface area contributed by atoms with Gasteiger partial charge in [-0.25, -0.2) is 17.6 Å². The van der Waals surface area contributed by atoms with E-state index in [9.17, 15) is 26.3 Å². The number of ether oxygens (including phenoxy) is 1. The van der Waals surface area contributed by atoms with Crippen LogP contribution in [0.5, 0.6) is 0 Å². The van der Waals surface area contributed by atoms with E-state index in [1.165, 1.54) is 0 Å². The van der Waals surface area contributed by atoms with Crippen molar-refractivity contribution in [3.8, 4) is 0 Å². The van der Waals surface area contributed by atoms with Crippen LogP contribution >= 0.6 is 0 Å². The van der Waals surface area contributed by atoms with Crippen molar-refractivity contribution >= 4 is 0 Å². The van der Waals surface area contributed by atoms with Crippen molar-refractivity contribution < 1.29 is 31.1 Å². The predicted octanol–water partition coefficient (Wildman–Crippen LogP) is 2.68. The van der Waals surface area contributed by atoms with Gasteiger partial charge in [-0.15, -0.1) is 0 Å². The molecule has 0 N–H and O–H groups in total. The summed E-state index contributed by atoms with van der Waals surface area (Å²) in [6.07, 6.45) is -10.8. The van der Waals surface area contributed by atoms with Gasteiger partial charge < -0.3 is 4.74 Å². The van der Waals surface area contributed by atoms with Crippen molar-refractivity contribution in [1.82, 2.24) is 0 Å². The van der Waals surface area contributed by atoms with Crippen molar-refractivity contribution in [3.63, 3.8) is 0 Å². The van der Waals surface area contributed by atoms with E-state index in [1.54, 1.807) is 0 Å². The Bertz CT molecular complexity index is 169. The van der Waals surface area contributed by atoms with Gasteiger partial charge in [0.1, 0.15) is 0 Å². The highest BCUT2D eigenvalue weighted by Gasteiger charge is 2.54. The fraction of sp³-hybridized carbons (Fsp3) is 0.667. The molecule has 0 aromatic rings. The van der Waals surface area contributed by atoms with Gasteiger partial charge in [0.25, 0.3) is 6.43 Å². The zero-order valence-electron chi connectivity index (χ0n) is 6.19. The van der Waals surface area contributed by atoms with Crippen LogP contribution in [0.4, 0.5) is 26.3 Å². The van der Waals surface area contributed by atoms with E-state index in [1.807, 2.05) is 0 Å². The molecule has 0 fully saturated rings. The largest absolute Gasteiger partial charge is 0.486 e. The van der Waals surface area contributed by atoms with Crippen LogP contribution in [-0.4, -0.2) is 24.9 Å². The maximum Gasteiger partial charge on any atom is 0.348 e. The second-order valence-corrected chi connectivity index (χ2v) is 2.03. The third-order valence-corrected chi connectivity index (χ3v) is 1.14. The van der Waals surface area contributed by atoms with Crippen molar-refractivity contribution in [2.75, 3.05) is 0 Å². The number of hydrogen-bond donors (Lipinski definition) is 0. The molecule has 0 aliphatic carbocycles. The zero-order valence-corrected chi connectivity index (χ0v) is 6.19. The van der Waals surface area contributed by atoms with Crippen molar-refractivity contribution in [3.05, 3.63) is 12.8 Å². The first-order chi connectivity index (χ1) is 5.84. The van der Waals surface area contributed by atoms with Crippen LogP contribution in [0, 0.1) is 0 Å². The quantitative estimate of drug-likeness (QED) is 0.498. The van der Waals surface area contributed by atoms with E-state index in [4.69, 9.17) is 0 Å². The maximum atomic E-state index is 12.2. The molecular formula is C6H6F6O. The molecule has 0 heterocycles. The molecule has 0 aromatic carbocycles. The molecule has 1 nitrogen and oxygen atoms in total. The number of hydrogen-bond acceptors (Lipinski definition) is 1. The van der Waals surface area contributed by atoms with E-state index in [2.05, 4.69) is 11.3 Å². The summed E-state index contributed by atoms with van der Waals surface area (Å²) in [7, 11) is 0. The predicted molar refractivity (Wildman–Crippen MR) is 32.0 cm³/mol. The Kier molecular flexibility index (Phi) is 4.09. The number of alkyl halides is 6. The normalized spacial score (nSPS) is 14.8. The molecule has 0 aliphatic heterocycles. The smallest absolute Gasteiger partial charge is 0.348 e. The minimum absolute atomic E-state index is 0.271. The summed E-state index contributed by atoms with van der Waals surface area (Å²) in [6, 6.07) is 0. The third-order valence-electron chi connectivity index (χ3n) is 1.14. The SMILES string of the molecule is C=COC(C(F)F)C(F)(F)C(F)F. The van der Waals surface area contributed by atoms with Crippen LogP contribution in [0.1, 0.15) is 0 Å². The zero-order chi connectivity index (χ0) is 10.6. The van der Waals surface area contributed by atoms with E-state index >= 15 is 0 Å². The average Bonchev–Trinajstić information content (AvgIpc) is 1.98. The molecule has 0 saturated heterocycles. The lowest BCUT2D eigenvalue weighted by Crippen LogP contribution is -2.45. The molecule has 0 bridgehead atoms. The van der Waals surface area contributed by atoms with E-state index in [0.29, 0.717) is 0 Å². The fourth-order valence-corrected chi connectivity index (χ4v) is 0.546. The highest BCUT2D eigenvalue weighted by molar-refractivity contribution is 4.84. The molecule has 0 aliphatic rings. The monoisotopic (exact) mass is 208 g/mol. The van der Waals surface area contributed by atoms with E-state index in [0.717, 1.165) is 0 Å². The lowest BCUT2D eigenvalue weighted by atomic mass is 10.2. The van der Waals surface area contributed by atoms with Crippen LogP contribution in [0.2, 0.25) is 0 Å². The minimum atomic E-state index is -4.89. The third kappa shape index (κ3) is 2.82. The lowest BCUT2D eigenvalue weighted by Gasteiger charge is -2.24. The molecule has 0 radical (unpaired) electrons. The summed E-state index contributed by atoms with van der Waals surface area (Å²) >= 11 is 0. The summed E-state index contributed by atoms with van der Waals surface area (Å²) in [5, 5.41) is 0. The first kappa shape index (κ1) is 12.1. The fourth-order valence-electron chi connectivity index (χ4n) is 0.546. The van der Waals surface area contributed by atoms with Gasteiger partial charge >= 0.3 is 12.3 Å². The highest BCUT2D eigenvalue weighted by atomic mass is 19.3. The molecule has 0 rings (SSSR count). The van der Waals surface area contributed by atoms with Crippen LogP contribution < -0.4 is 0 Å². The van der Waals surface area contributed by atoms with Gasteiger partial charge in [0, 0.05) is 0 Å². The summed E-state index contributed by atoms with van der Waals surface area (Å²) in [6.45, 7) is 2.72. The summed E-state index contributed by atoms with van der Waals surface area (Å²) in [4.78, 5) is 0. The topological polar surface area (TPSA) is 9.23 Å². The van der Waals surface area contributed by atoms with Gasteiger partial charge in [-0.3, -0.25) is 0 Å². The first-order valence-corrected chi connectivity index (χ1v) is 3.04. The van der Waals surface area contributed by atoms with Gasteiger partial charge in [0.05, 0.1) is 6.26 Å². The van der Waals surface area contributed by atoms with Crippen molar-refractivity contribution in [1.29, 1.82) is 0 Å². The minimum Gasteiger partial charge on any atom is -0.486 e. The average molecular weight is 208 g/mol. The Hall–Kier alpha value is -0.880. The summed E-state index contributed by atoms with van der Waals surface area (Å²) < 4.78 is 74.7. The molecular weight excluding hydrogens is 202 g/mol. The number of rotatable bonds is 5. The molecule has 0 aromatic heterocycles. The highest BCUT2D eigenvalue weighted by Crippen LogP contribution is 2.32. The Labute approximate surface area is 70.0 Å². The second kappa shape index (κ2) is 4.38. The Morgan fingerprint density at radius 1 is 1.15 bits per heavy atom. The van der Waals surface area contributed by atoms with Crippen LogP contribution in [-0.2, 0) is 4.74 Å². The number of halogens is 6. The van der Waals surface area contributed by atoms with E-state index < -0.39 is 24.9 Å². The molecule has 78 valence electrons. The van der Waals surface area contributed by atoms with Crippen molar-refractivity contribution in [2.24, 2.45) is 0 Å². The van der Waals surface area contributed by atoms with Crippen molar-refractivity contribution in [2.45, 2.75) is 24.9 Å². The lowest BCUT2D eigenvalue weighted by molar-refractivity contribution is -0.224. The van der Waals surface area contributed by atoms with Gasteiger partial charge in [-0.05, 0) is 0 Å². The van der Waals surface area contributed by atoms with Gasteiger partial charge in [-0.1, -0.05) is 6.58 Å². The second-order valence-electron chi connectivity index (χ2n) is 2.03. The molecule has 0 spiro atoms. The Balaban J connectivity index is 4.60. The molecule has 1 atom stereocenters. The molecule has 13 heavy (non-hydrogen) atoms. The molecule has 7 heteroatoms.